The normalized spacial score (nSPS) is 12.6. The van der Waals surface area contributed by atoms with Gasteiger partial charge in [-0.15, -0.1) is 0 Å². The molecule has 7 N–H and O–H groups in total. The van der Waals surface area contributed by atoms with Gasteiger partial charge in [0.15, 0.2) is 11.7 Å². The number of nitrogens with one attached hydrogen (secondary N) is 4. The molecule has 0 aliphatic heterocycles. The van der Waals surface area contributed by atoms with Crippen molar-refractivity contribution in [3.63, 3.8) is 0 Å². The van der Waals surface area contributed by atoms with E-state index in [0.717, 1.165) is 11.3 Å². The number of nitrogens with two attached hydrogens (primary N) is 1. The van der Waals surface area contributed by atoms with Crippen molar-refractivity contribution in [2.75, 3.05) is 6.54 Å². The van der Waals surface area contributed by atoms with Crippen molar-refractivity contribution >= 4 is 35.1 Å². The van der Waals surface area contributed by atoms with Crippen molar-refractivity contribution in [2.45, 2.75) is 58.5 Å². The highest BCUT2D eigenvalue weighted by Gasteiger charge is 2.28. The van der Waals surface area contributed by atoms with Crippen molar-refractivity contribution in [2.24, 2.45) is 21.9 Å². The summed E-state index contributed by atoms with van der Waals surface area (Å²) >= 11 is 0. The molecule has 0 aliphatic carbocycles. The maximum Gasteiger partial charge on any atom is 0.326 e. The first kappa shape index (κ1) is 32.4. The Labute approximate surface area is 249 Å². The maximum atomic E-state index is 13.0. The second kappa shape index (κ2) is 15.8. The predicted octanol–water partition coefficient (Wildman–Crippen LogP) is 4.29. The van der Waals surface area contributed by atoms with Crippen molar-refractivity contribution in [3.05, 3.63) is 77.5 Å². The van der Waals surface area contributed by atoms with Crippen LogP contribution in [0.2, 0.25) is 0 Å². The van der Waals surface area contributed by atoms with Gasteiger partial charge in [0, 0.05) is 6.54 Å². The van der Waals surface area contributed by atoms with Crippen LogP contribution in [-0.4, -0.2) is 46.4 Å². The monoisotopic (exact) mass is 590 g/mol. The standard InChI is InChI=1S/C30H38N8O5/c1-18(2)16-24(34-25(39)17-20-11-13-22(14-12-20)38-37-21-8-5-4-6-9-21)28-36-26(19(3)43-28)27(40)35-23(29(41)42)10-7-15-33-30(31)32/h4-6,8-9,11-14,18,23-24H,7,10,15-17H2,1-3H3,(H,34,39)(H,35,40)(H,41,42)(H4,31,32,33)/b38-37+/t23-,24?/m0/s1. The average Bonchev–Trinajstić information content (AvgIpc) is 3.35. The van der Waals surface area contributed by atoms with E-state index in [-0.39, 0.29) is 48.0 Å². The van der Waals surface area contributed by atoms with Crippen molar-refractivity contribution < 1.29 is 23.9 Å². The molecule has 43 heavy (non-hydrogen) atoms. The van der Waals surface area contributed by atoms with Gasteiger partial charge in [-0.25, -0.2) is 9.78 Å². The molecule has 3 rings (SSSR count). The number of azo groups is 1. The minimum atomic E-state index is -1.20. The van der Waals surface area contributed by atoms with Gasteiger partial charge in [0.25, 0.3) is 5.91 Å². The van der Waals surface area contributed by atoms with E-state index in [1.54, 1.807) is 19.1 Å². The third-order valence-electron chi connectivity index (χ3n) is 6.30. The average molecular weight is 591 g/mol. The van der Waals surface area contributed by atoms with Crippen LogP contribution in [0.4, 0.5) is 11.4 Å². The first-order chi connectivity index (χ1) is 20.5. The number of carbonyl (C=O) groups excluding carboxylic acids is 2. The Balaban J connectivity index is 1.64. The number of aliphatic carboxylic acids is 1. The molecule has 0 saturated carbocycles. The molecule has 0 saturated heterocycles. The number of hydrogen-bond donors (Lipinski definition) is 6. The molecular formula is C30H38N8O5. The van der Waals surface area contributed by atoms with Crippen LogP contribution in [0.1, 0.15) is 66.9 Å². The number of carboxylic acid groups (broad SMARTS) is 1. The van der Waals surface area contributed by atoms with E-state index in [4.69, 9.17) is 15.6 Å². The topological polar surface area (TPSA) is 208 Å². The van der Waals surface area contributed by atoms with Crippen molar-refractivity contribution in [3.8, 4) is 0 Å². The SMILES string of the molecule is Cc1oc(C(CC(C)C)NC(=O)Cc2ccc(/N=N/c3ccccc3)cc2)nc1C(=O)N[C@@H](CCCNC(=N)N)C(=O)O. The minimum Gasteiger partial charge on any atom is -0.480 e. The molecule has 2 aromatic carbocycles. The Morgan fingerprint density at radius 3 is 2.28 bits per heavy atom. The largest absolute Gasteiger partial charge is 0.480 e. The highest BCUT2D eigenvalue weighted by atomic mass is 16.4. The van der Waals surface area contributed by atoms with Gasteiger partial charge >= 0.3 is 5.97 Å². The molecule has 1 unspecified atom stereocenters. The third-order valence-corrected chi connectivity index (χ3v) is 6.30. The second-order valence-electron chi connectivity index (χ2n) is 10.4. The molecule has 1 aromatic heterocycles. The van der Waals surface area contributed by atoms with Crippen LogP contribution in [0, 0.1) is 18.3 Å². The van der Waals surface area contributed by atoms with E-state index in [2.05, 4.69) is 31.2 Å². The quantitative estimate of drug-likeness (QED) is 0.0649. The van der Waals surface area contributed by atoms with Crippen LogP contribution in [-0.2, 0) is 16.0 Å². The number of carbonyl (C=O) groups is 3. The Kier molecular flexibility index (Phi) is 11.9. The van der Waals surface area contributed by atoms with Crippen LogP contribution >= 0.6 is 0 Å². The molecule has 0 aliphatic rings. The fraction of sp³-hybridized carbons (Fsp3) is 0.367. The zero-order chi connectivity index (χ0) is 31.4. The smallest absolute Gasteiger partial charge is 0.326 e. The summed E-state index contributed by atoms with van der Waals surface area (Å²) in [5.41, 5.74) is 7.36. The Morgan fingerprint density at radius 2 is 1.67 bits per heavy atom. The zero-order valence-electron chi connectivity index (χ0n) is 24.5. The van der Waals surface area contributed by atoms with Gasteiger partial charge in [0.05, 0.1) is 17.8 Å². The lowest BCUT2D eigenvalue weighted by atomic mass is 10.0. The summed E-state index contributed by atoms with van der Waals surface area (Å²) < 4.78 is 5.79. The molecule has 0 fully saturated rings. The molecule has 228 valence electrons. The Hall–Kier alpha value is -5.07. The van der Waals surface area contributed by atoms with E-state index in [9.17, 15) is 19.5 Å². The number of aryl methyl sites for hydroxylation is 1. The number of guanidine groups is 1. The Bertz CT molecular complexity index is 1420. The first-order valence-corrected chi connectivity index (χ1v) is 14.0. The van der Waals surface area contributed by atoms with Gasteiger partial charge in [0.1, 0.15) is 17.8 Å². The predicted molar refractivity (Wildman–Crippen MR) is 160 cm³/mol. The molecular weight excluding hydrogens is 552 g/mol. The molecule has 2 amide bonds. The van der Waals surface area contributed by atoms with Gasteiger partial charge < -0.3 is 31.2 Å². The molecule has 13 nitrogen and oxygen atoms in total. The first-order valence-electron chi connectivity index (χ1n) is 14.0. The molecule has 0 spiro atoms. The van der Waals surface area contributed by atoms with Crippen LogP contribution < -0.4 is 21.7 Å². The number of oxazole rings is 1. The van der Waals surface area contributed by atoms with E-state index < -0.39 is 24.0 Å². The summed E-state index contributed by atoms with van der Waals surface area (Å²) in [6.45, 7) is 5.83. The second-order valence-corrected chi connectivity index (χ2v) is 10.4. The van der Waals surface area contributed by atoms with E-state index in [1.165, 1.54) is 0 Å². The molecule has 0 radical (unpaired) electrons. The number of carboxylic acids is 1. The number of hydrogen-bond acceptors (Lipinski definition) is 8. The summed E-state index contributed by atoms with van der Waals surface area (Å²) in [7, 11) is 0. The number of amides is 2. The summed E-state index contributed by atoms with van der Waals surface area (Å²) in [4.78, 5) is 42.0. The maximum absolute atomic E-state index is 13.0. The number of nitrogens with zero attached hydrogens (tertiary/aromatic N) is 3. The van der Waals surface area contributed by atoms with Crippen LogP contribution in [0.25, 0.3) is 0 Å². The Morgan fingerprint density at radius 1 is 1.02 bits per heavy atom. The lowest BCUT2D eigenvalue weighted by Crippen LogP contribution is -2.42. The van der Waals surface area contributed by atoms with Crippen LogP contribution in [0.5, 0.6) is 0 Å². The highest BCUT2D eigenvalue weighted by Crippen LogP contribution is 2.24. The van der Waals surface area contributed by atoms with E-state index in [1.807, 2.05) is 56.3 Å². The fourth-order valence-electron chi connectivity index (χ4n) is 4.20. The summed E-state index contributed by atoms with van der Waals surface area (Å²) in [5.74, 6) is -1.82. The van der Waals surface area contributed by atoms with Crippen molar-refractivity contribution in [1.82, 2.24) is 20.9 Å². The number of aromatic nitrogens is 1. The number of benzene rings is 2. The molecule has 2 atom stereocenters. The lowest BCUT2D eigenvalue weighted by molar-refractivity contribution is -0.139. The van der Waals surface area contributed by atoms with Gasteiger partial charge in [-0.05, 0) is 61.9 Å². The molecule has 0 bridgehead atoms. The molecule has 3 aromatic rings. The van der Waals surface area contributed by atoms with Crippen LogP contribution in [0.3, 0.4) is 0 Å². The zero-order valence-corrected chi connectivity index (χ0v) is 24.5. The molecule has 1 heterocycles. The van der Waals surface area contributed by atoms with Gasteiger partial charge in [-0.1, -0.05) is 44.2 Å². The fourth-order valence-corrected chi connectivity index (χ4v) is 4.20. The lowest BCUT2D eigenvalue weighted by Gasteiger charge is -2.18. The van der Waals surface area contributed by atoms with Crippen molar-refractivity contribution in [1.29, 1.82) is 5.41 Å². The molecule has 13 heteroatoms. The summed E-state index contributed by atoms with van der Waals surface area (Å²) in [6.07, 6.45) is 1.10. The van der Waals surface area contributed by atoms with Gasteiger partial charge in [-0.2, -0.15) is 10.2 Å². The number of rotatable bonds is 15. The minimum absolute atomic E-state index is 0.0497. The van der Waals surface area contributed by atoms with E-state index >= 15 is 0 Å². The third kappa shape index (κ3) is 10.7. The summed E-state index contributed by atoms with van der Waals surface area (Å²) in [6, 6.07) is 14.8. The van der Waals surface area contributed by atoms with Gasteiger partial charge in [0.2, 0.25) is 11.8 Å². The van der Waals surface area contributed by atoms with Crippen LogP contribution in [0.15, 0.2) is 69.2 Å². The summed E-state index contributed by atoms with van der Waals surface area (Å²) in [5, 5.41) is 33.2. The highest BCUT2D eigenvalue weighted by molar-refractivity contribution is 5.95. The van der Waals surface area contributed by atoms with Gasteiger partial charge in [-0.3, -0.25) is 15.0 Å². The van der Waals surface area contributed by atoms with E-state index in [0.29, 0.717) is 25.1 Å².